The largest absolute Gasteiger partial charge is 0.494 e. The van der Waals surface area contributed by atoms with Crippen molar-refractivity contribution >= 4 is 34.1 Å². The molecule has 0 saturated carbocycles. The van der Waals surface area contributed by atoms with Crippen LogP contribution < -0.4 is 5.46 Å². The minimum absolute atomic E-state index is 0.334. The summed E-state index contributed by atoms with van der Waals surface area (Å²) in [4.78, 5) is 0. The molecule has 0 radical (unpaired) electrons. The third kappa shape index (κ3) is 3.06. The zero-order chi connectivity index (χ0) is 20.2. The van der Waals surface area contributed by atoms with E-state index < -0.39 is 0 Å². The summed E-state index contributed by atoms with van der Waals surface area (Å²) < 4.78 is 12.5. The van der Waals surface area contributed by atoms with Gasteiger partial charge in [0, 0.05) is 0 Å². The molecule has 1 fully saturated rings. The number of fused-ring (bicyclic) bond motifs is 2. The molecule has 0 amide bonds. The Morgan fingerprint density at radius 3 is 2.07 bits per heavy atom. The van der Waals surface area contributed by atoms with Crippen LogP contribution in [0.25, 0.3) is 32.7 Å². The topological polar surface area (TPSA) is 18.5 Å². The summed E-state index contributed by atoms with van der Waals surface area (Å²) in [6.07, 6.45) is 0. The first-order valence-corrected chi connectivity index (χ1v) is 10.2. The summed E-state index contributed by atoms with van der Waals surface area (Å²) in [6.45, 7) is 8.36. The van der Waals surface area contributed by atoms with Gasteiger partial charge in [0.25, 0.3) is 0 Å². The van der Waals surface area contributed by atoms with E-state index in [4.69, 9.17) is 9.31 Å². The molecule has 29 heavy (non-hydrogen) atoms. The molecule has 1 aliphatic heterocycles. The van der Waals surface area contributed by atoms with Crippen LogP contribution in [0.15, 0.2) is 78.9 Å². The van der Waals surface area contributed by atoms with E-state index in [0.717, 1.165) is 5.46 Å². The zero-order valence-corrected chi connectivity index (χ0v) is 17.4. The molecule has 144 valence electrons. The Balaban J connectivity index is 1.57. The minimum atomic E-state index is -0.339. The molecule has 4 aromatic rings. The van der Waals surface area contributed by atoms with Gasteiger partial charge in [-0.3, -0.25) is 0 Å². The highest BCUT2D eigenvalue weighted by Crippen LogP contribution is 2.37. The number of rotatable bonds is 2. The van der Waals surface area contributed by atoms with Crippen molar-refractivity contribution in [3.63, 3.8) is 0 Å². The highest BCUT2D eigenvalue weighted by molar-refractivity contribution is 6.62. The first-order chi connectivity index (χ1) is 13.8. The zero-order valence-electron chi connectivity index (χ0n) is 17.4. The normalized spacial score (nSPS) is 17.9. The van der Waals surface area contributed by atoms with Crippen molar-refractivity contribution in [3.05, 3.63) is 78.9 Å². The lowest BCUT2D eigenvalue weighted by atomic mass is 9.78. The van der Waals surface area contributed by atoms with Crippen LogP contribution >= 0.6 is 0 Å². The van der Waals surface area contributed by atoms with E-state index in [1.165, 1.54) is 32.7 Å². The molecule has 0 atom stereocenters. The summed E-state index contributed by atoms with van der Waals surface area (Å²) in [7, 11) is -0.339. The molecule has 1 aliphatic rings. The van der Waals surface area contributed by atoms with Crippen LogP contribution in [0.2, 0.25) is 0 Å². The predicted octanol–water partition coefficient (Wildman–Crippen LogP) is 5.96. The average molecular weight is 380 g/mol. The maximum Gasteiger partial charge on any atom is 0.494 e. The lowest BCUT2D eigenvalue weighted by Gasteiger charge is -2.32. The standard InChI is InChI=1S/C26H25BO2/c1-25(2)26(3,4)29-27(28-25)22-14-15-24-20(17-22)10-7-11-23(24)21-13-12-18-8-5-6-9-19(18)16-21/h5-17H,1-4H3. The van der Waals surface area contributed by atoms with Crippen LogP contribution in [0.4, 0.5) is 0 Å². The summed E-state index contributed by atoms with van der Waals surface area (Å²) in [5, 5.41) is 4.96. The van der Waals surface area contributed by atoms with Crippen molar-refractivity contribution in [2.24, 2.45) is 0 Å². The highest BCUT2D eigenvalue weighted by Gasteiger charge is 2.51. The van der Waals surface area contributed by atoms with E-state index in [0.29, 0.717) is 0 Å². The molecule has 5 rings (SSSR count). The van der Waals surface area contributed by atoms with E-state index >= 15 is 0 Å². The SMILES string of the molecule is CC1(C)OB(c2ccc3c(-c4ccc5ccccc5c4)cccc3c2)OC1(C)C. The smallest absolute Gasteiger partial charge is 0.399 e. The molecular formula is C26H25BO2. The molecule has 2 nitrogen and oxygen atoms in total. The number of benzene rings is 4. The molecule has 0 bridgehead atoms. The van der Waals surface area contributed by atoms with Crippen molar-refractivity contribution in [2.75, 3.05) is 0 Å². The maximum atomic E-state index is 6.24. The van der Waals surface area contributed by atoms with Gasteiger partial charge in [-0.1, -0.05) is 72.8 Å². The van der Waals surface area contributed by atoms with E-state index in [9.17, 15) is 0 Å². The van der Waals surface area contributed by atoms with Crippen LogP contribution in [0.5, 0.6) is 0 Å². The van der Waals surface area contributed by atoms with E-state index in [-0.39, 0.29) is 18.3 Å². The lowest BCUT2D eigenvalue weighted by Crippen LogP contribution is -2.41. The van der Waals surface area contributed by atoms with E-state index in [2.05, 4.69) is 107 Å². The maximum absolute atomic E-state index is 6.24. The third-order valence-corrected chi connectivity index (χ3v) is 6.49. The average Bonchev–Trinajstić information content (AvgIpc) is 2.94. The molecule has 0 unspecified atom stereocenters. The van der Waals surface area contributed by atoms with Crippen molar-refractivity contribution in [1.29, 1.82) is 0 Å². The second-order valence-electron chi connectivity index (χ2n) is 8.94. The molecule has 1 saturated heterocycles. The predicted molar refractivity (Wildman–Crippen MR) is 123 cm³/mol. The molecule has 0 spiro atoms. The monoisotopic (exact) mass is 380 g/mol. The summed E-state index contributed by atoms with van der Waals surface area (Å²) >= 11 is 0. The first kappa shape index (κ1) is 18.4. The van der Waals surface area contributed by atoms with Gasteiger partial charge in [-0.25, -0.2) is 0 Å². The summed E-state index contributed by atoms with van der Waals surface area (Å²) in [5.41, 5.74) is 2.87. The summed E-state index contributed by atoms with van der Waals surface area (Å²) in [6, 6.07) is 28.2. The van der Waals surface area contributed by atoms with Gasteiger partial charge in [0.1, 0.15) is 0 Å². The van der Waals surface area contributed by atoms with Gasteiger partial charge in [0.15, 0.2) is 0 Å². The van der Waals surface area contributed by atoms with Crippen LogP contribution in [-0.2, 0) is 9.31 Å². The molecule has 3 heteroatoms. The van der Waals surface area contributed by atoms with Crippen LogP contribution in [0.3, 0.4) is 0 Å². The van der Waals surface area contributed by atoms with Gasteiger partial charge in [-0.05, 0) is 71.9 Å². The Morgan fingerprint density at radius 2 is 1.31 bits per heavy atom. The molecule has 0 aromatic heterocycles. The minimum Gasteiger partial charge on any atom is -0.399 e. The summed E-state index contributed by atoms with van der Waals surface area (Å²) in [5.74, 6) is 0. The van der Waals surface area contributed by atoms with E-state index in [1.807, 2.05) is 0 Å². The van der Waals surface area contributed by atoms with Gasteiger partial charge >= 0.3 is 7.12 Å². The van der Waals surface area contributed by atoms with Crippen LogP contribution in [0, 0.1) is 0 Å². The van der Waals surface area contributed by atoms with Gasteiger partial charge in [0.05, 0.1) is 11.2 Å². The number of hydrogen-bond acceptors (Lipinski definition) is 2. The Hall–Kier alpha value is -2.62. The van der Waals surface area contributed by atoms with Crippen LogP contribution in [-0.4, -0.2) is 18.3 Å². The molecule has 0 N–H and O–H groups in total. The number of hydrogen-bond donors (Lipinski definition) is 0. The fraction of sp³-hybridized carbons (Fsp3) is 0.231. The Bertz CT molecular complexity index is 1210. The molecule has 1 heterocycles. The molecule has 0 aliphatic carbocycles. The molecular weight excluding hydrogens is 355 g/mol. The quantitative estimate of drug-likeness (QED) is 0.400. The van der Waals surface area contributed by atoms with Crippen molar-refractivity contribution < 1.29 is 9.31 Å². The Kier molecular flexibility index (Phi) is 4.09. The van der Waals surface area contributed by atoms with Crippen LogP contribution in [0.1, 0.15) is 27.7 Å². The fourth-order valence-electron chi connectivity index (χ4n) is 4.04. The van der Waals surface area contributed by atoms with Crippen molar-refractivity contribution in [1.82, 2.24) is 0 Å². The highest BCUT2D eigenvalue weighted by atomic mass is 16.7. The Morgan fingerprint density at radius 1 is 0.621 bits per heavy atom. The second-order valence-corrected chi connectivity index (χ2v) is 8.94. The van der Waals surface area contributed by atoms with Gasteiger partial charge in [-0.2, -0.15) is 0 Å². The van der Waals surface area contributed by atoms with Gasteiger partial charge in [0.2, 0.25) is 0 Å². The van der Waals surface area contributed by atoms with Crippen molar-refractivity contribution in [3.8, 4) is 11.1 Å². The Labute approximate surface area is 172 Å². The van der Waals surface area contributed by atoms with Crippen molar-refractivity contribution in [2.45, 2.75) is 38.9 Å². The van der Waals surface area contributed by atoms with E-state index in [1.54, 1.807) is 0 Å². The molecule has 4 aromatic carbocycles. The van der Waals surface area contributed by atoms with Gasteiger partial charge < -0.3 is 9.31 Å². The first-order valence-electron chi connectivity index (χ1n) is 10.2. The third-order valence-electron chi connectivity index (χ3n) is 6.49. The van der Waals surface area contributed by atoms with Gasteiger partial charge in [-0.15, -0.1) is 0 Å². The lowest BCUT2D eigenvalue weighted by molar-refractivity contribution is 0.00578. The fourth-order valence-corrected chi connectivity index (χ4v) is 4.04. The second kappa shape index (κ2) is 6.45.